The smallest absolute Gasteiger partial charge is 0.267 e. The monoisotopic (exact) mass is 376 g/mol. The maximum absolute atomic E-state index is 12.3. The Balaban J connectivity index is 2.02. The topological polar surface area (TPSA) is 94.0 Å². The Kier molecular flexibility index (Phi) is 6.56. The third kappa shape index (κ3) is 5.99. The first kappa shape index (κ1) is 20.7. The summed E-state index contributed by atoms with van der Waals surface area (Å²) in [6.07, 6.45) is 1.38. The molecule has 0 saturated carbocycles. The number of hydrogen-bond acceptors (Lipinski definition) is 4. The largest absolute Gasteiger partial charge is 0.360 e. The number of rotatable bonds is 5. The van der Waals surface area contributed by atoms with Crippen molar-refractivity contribution in [2.24, 2.45) is 0 Å². The molecule has 0 aliphatic carbocycles. The molecule has 2 rings (SSSR count). The lowest BCUT2D eigenvalue weighted by molar-refractivity contribution is -0.114. The predicted octanol–water partition coefficient (Wildman–Crippen LogP) is 4.40. The van der Waals surface area contributed by atoms with Gasteiger partial charge in [-0.15, -0.1) is 0 Å². The van der Waals surface area contributed by atoms with E-state index in [1.807, 2.05) is 30.3 Å². The number of nitriles is 1. The highest BCUT2D eigenvalue weighted by atomic mass is 16.2. The first-order valence-electron chi connectivity index (χ1n) is 8.85. The van der Waals surface area contributed by atoms with E-state index in [0.29, 0.717) is 11.4 Å². The van der Waals surface area contributed by atoms with E-state index in [-0.39, 0.29) is 16.9 Å². The number of amides is 2. The van der Waals surface area contributed by atoms with Crippen molar-refractivity contribution >= 4 is 28.9 Å². The molecule has 0 radical (unpaired) electrons. The summed E-state index contributed by atoms with van der Waals surface area (Å²) >= 11 is 0. The zero-order valence-electron chi connectivity index (χ0n) is 16.5. The van der Waals surface area contributed by atoms with Crippen molar-refractivity contribution in [2.75, 3.05) is 16.0 Å². The van der Waals surface area contributed by atoms with E-state index >= 15 is 0 Å². The van der Waals surface area contributed by atoms with Crippen molar-refractivity contribution in [2.45, 2.75) is 33.1 Å². The van der Waals surface area contributed by atoms with Crippen LogP contribution in [0.5, 0.6) is 0 Å². The van der Waals surface area contributed by atoms with E-state index in [0.717, 1.165) is 5.69 Å². The molecular formula is C22H24N4O2. The van der Waals surface area contributed by atoms with E-state index in [2.05, 4.69) is 36.7 Å². The summed E-state index contributed by atoms with van der Waals surface area (Å²) in [5.74, 6) is -0.693. The number of benzene rings is 2. The number of nitrogens with zero attached hydrogens (tertiary/aromatic N) is 1. The normalized spacial score (nSPS) is 11.3. The van der Waals surface area contributed by atoms with Gasteiger partial charge in [0.05, 0.1) is 0 Å². The van der Waals surface area contributed by atoms with Crippen molar-refractivity contribution in [1.29, 1.82) is 5.26 Å². The molecule has 0 saturated heterocycles. The van der Waals surface area contributed by atoms with Crippen LogP contribution < -0.4 is 16.0 Å². The highest BCUT2D eigenvalue weighted by molar-refractivity contribution is 6.06. The third-order valence-electron chi connectivity index (χ3n) is 3.96. The van der Waals surface area contributed by atoms with E-state index in [1.54, 1.807) is 24.3 Å². The minimum Gasteiger partial charge on any atom is -0.360 e. The summed E-state index contributed by atoms with van der Waals surface area (Å²) in [5, 5.41) is 17.6. The molecule has 2 aromatic rings. The van der Waals surface area contributed by atoms with Crippen LogP contribution in [-0.2, 0) is 15.0 Å². The molecule has 0 atom stereocenters. The van der Waals surface area contributed by atoms with Crippen LogP contribution in [0.15, 0.2) is 60.3 Å². The number of hydrogen-bond donors (Lipinski definition) is 3. The van der Waals surface area contributed by atoms with E-state index in [1.165, 1.54) is 18.7 Å². The van der Waals surface area contributed by atoms with Gasteiger partial charge < -0.3 is 16.0 Å². The summed E-state index contributed by atoms with van der Waals surface area (Å²) in [4.78, 5) is 23.3. The molecule has 3 N–H and O–H groups in total. The second kappa shape index (κ2) is 8.87. The van der Waals surface area contributed by atoms with Crippen molar-refractivity contribution < 1.29 is 9.59 Å². The standard InChI is InChI=1S/C22H24N4O2/c1-15(27)25-19-9-11-20(12-10-19)26-21(28)16(13-23)14-24-18-7-5-17(6-8-18)22(2,3)4/h5-12,14,24H,1-4H3,(H,25,27)(H,26,28)/b16-14-. The molecule has 0 aromatic heterocycles. The SMILES string of the molecule is CC(=O)Nc1ccc(NC(=O)/C(C#N)=C\Nc2ccc(C(C)(C)C)cc2)cc1. The number of carbonyl (C=O) groups is 2. The van der Waals surface area contributed by atoms with Gasteiger partial charge in [-0.2, -0.15) is 5.26 Å². The molecule has 6 nitrogen and oxygen atoms in total. The molecule has 0 bridgehead atoms. The van der Waals surface area contributed by atoms with Gasteiger partial charge in [-0.25, -0.2) is 0 Å². The average molecular weight is 376 g/mol. The second-order valence-corrected chi connectivity index (χ2v) is 7.35. The lowest BCUT2D eigenvalue weighted by Gasteiger charge is -2.19. The zero-order chi connectivity index (χ0) is 20.7. The minimum atomic E-state index is -0.520. The Labute approximate surface area is 165 Å². The van der Waals surface area contributed by atoms with Gasteiger partial charge >= 0.3 is 0 Å². The van der Waals surface area contributed by atoms with E-state index in [9.17, 15) is 14.9 Å². The summed E-state index contributed by atoms with van der Waals surface area (Å²) in [7, 11) is 0. The van der Waals surface area contributed by atoms with E-state index in [4.69, 9.17) is 0 Å². The Morgan fingerprint density at radius 3 is 1.86 bits per heavy atom. The van der Waals surface area contributed by atoms with Crippen LogP contribution in [0.4, 0.5) is 17.1 Å². The minimum absolute atomic E-state index is 0.0502. The molecule has 28 heavy (non-hydrogen) atoms. The first-order chi connectivity index (χ1) is 13.2. The molecular weight excluding hydrogens is 352 g/mol. The highest BCUT2D eigenvalue weighted by Crippen LogP contribution is 2.23. The van der Waals surface area contributed by atoms with Crippen LogP contribution in [0.25, 0.3) is 0 Å². The quantitative estimate of drug-likeness (QED) is 0.532. The van der Waals surface area contributed by atoms with Gasteiger partial charge in [-0.3, -0.25) is 9.59 Å². The Morgan fingerprint density at radius 1 is 0.893 bits per heavy atom. The molecule has 0 spiro atoms. The fourth-order valence-corrected chi connectivity index (χ4v) is 2.41. The maximum Gasteiger partial charge on any atom is 0.267 e. The molecule has 0 heterocycles. The molecule has 6 heteroatoms. The molecule has 144 valence electrons. The number of anilines is 3. The highest BCUT2D eigenvalue weighted by Gasteiger charge is 2.13. The van der Waals surface area contributed by atoms with Gasteiger partial charge in [0.2, 0.25) is 5.91 Å². The fraction of sp³-hybridized carbons (Fsp3) is 0.227. The molecule has 2 aromatic carbocycles. The van der Waals surface area contributed by atoms with Gasteiger partial charge in [-0.05, 0) is 47.4 Å². The Hall–Kier alpha value is -3.59. The van der Waals surface area contributed by atoms with Crippen LogP contribution in [0, 0.1) is 11.3 Å². The first-order valence-corrected chi connectivity index (χ1v) is 8.85. The van der Waals surface area contributed by atoms with Crippen molar-refractivity contribution in [3.05, 3.63) is 65.9 Å². The van der Waals surface area contributed by atoms with Crippen molar-refractivity contribution in [1.82, 2.24) is 0 Å². The Morgan fingerprint density at radius 2 is 1.39 bits per heavy atom. The lowest BCUT2D eigenvalue weighted by atomic mass is 9.87. The summed E-state index contributed by atoms with van der Waals surface area (Å²) in [6.45, 7) is 7.83. The third-order valence-corrected chi connectivity index (χ3v) is 3.96. The lowest BCUT2D eigenvalue weighted by Crippen LogP contribution is -2.14. The van der Waals surface area contributed by atoms with Crippen LogP contribution in [0.2, 0.25) is 0 Å². The van der Waals surface area contributed by atoms with E-state index < -0.39 is 5.91 Å². The van der Waals surface area contributed by atoms with Gasteiger partial charge in [0.15, 0.2) is 0 Å². The van der Waals surface area contributed by atoms with Gasteiger partial charge in [0, 0.05) is 30.2 Å². The van der Waals surface area contributed by atoms with Crippen LogP contribution in [-0.4, -0.2) is 11.8 Å². The van der Waals surface area contributed by atoms with Crippen molar-refractivity contribution in [3.8, 4) is 6.07 Å². The zero-order valence-corrected chi connectivity index (χ0v) is 16.5. The second-order valence-electron chi connectivity index (χ2n) is 7.35. The molecule has 0 unspecified atom stereocenters. The van der Waals surface area contributed by atoms with Gasteiger partial charge in [0.1, 0.15) is 11.6 Å². The Bertz CT molecular complexity index is 915. The van der Waals surface area contributed by atoms with Crippen LogP contribution >= 0.6 is 0 Å². The van der Waals surface area contributed by atoms with Crippen molar-refractivity contribution in [3.63, 3.8) is 0 Å². The van der Waals surface area contributed by atoms with Crippen LogP contribution in [0.1, 0.15) is 33.3 Å². The predicted molar refractivity (Wildman–Crippen MR) is 112 cm³/mol. The maximum atomic E-state index is 12.3. The van der Waals surface area contributed by atoms with Gasteiger partial charge in [0.25, 0.3) is 5.91 Å². The summed E-state index contributed by atoms with van der Waals surface area (Å²) in [5.41, 5.74) is 3.14. The number of nitrogens with one attached hydrogen (secondary N) is 3. The van der Waals surface area contributed by atoms with Crippen LogP contribution in [0.3, 0.4) is 0 Å². The molecule has 0 fully saturated rings. The van der Waals surface area contributed by atoms with Gasteiger partial charge in [-0.1, -0.05) is 32.9 Å². The fourth-order valence-electron chi connectivity index (χ4n) is 2.41. The molecule has 0 aliphatic rings. The average Bonchev–Trinajstić information content (AvgIpc) is 2.63. The summed E-state index contributed by atoms with van der Waals surface area (Å²) < 4.78 is 0. The molecule has 0 aliphatic heterocycles. The molecule has 2 amide bonds. The summed E-state index contributed by atoms with van der Waals surface area (Å²) in [6, 6.07) is 16.4. The number of carbonyl (C=O) groups excluding carboxylic acids is 2.